The Hall–Kier alpha value is -0.600. The second kappa shape index (κ2) is 3.64. The normalized spacial score (nSPS) is 14.2. The predicted octanol–water partition coefficient (Wildman–Crippen LogP) is 3.09. The largest absolute Gasteiger partial charge is 0.323 e. The van der Waals surface area contributed by atoms with Crippen LogP contribution in [0.4, 0.5) is 4.39 Å². The number of hydrogen-bond acceptors (Lipinski definition) is 1. The van der Waals surface area contributed by atoms with Gasteiger partial charge in [0, 0.05) is 16.1 Å². The first-order valence-electron chi connectivity index (χ1n) is 4.10. The lowest BCUT2D eigenvalue weighted by Gasteiger charge is -2.24. The van der Waals surface area contributed by atoms with E-state index in [0.717, 1.165) is 0 Å². The van der Waals surface area contributed by atoms with E-state index >= 15 is 0 Å². The van der Waals surface area contributed by atoms with Gasteiger partial charge in [0.1, 0.15) is 6.17 Å². The van der Waals surface area contributed by atoms with E-state index in [9.17, 15) is 4.39 Å². The molecule has 0 saturated carbocycles. The van der Waals surface area contributed by atoms with Crippen molar-refractivity contribution in [1.82, 2.24) is 0 Å². The van der Waals surface area contributed by atoms with Gasteiger partial charge < -0.3 is 5.73 Å². The fourth-order valence-corrected chi connectivity index (χ4v) is 1.31. The van der Waals surface area contributed by atoms with Crippen LogP contribution in [0, 0.1) is 0 Å². The van der Waals surface area contributed by atoms with Crippen LogP contribution >= 0.6 is 11.6 Å². The highest BCUT2D eigenvalue weighted by Gasteiger charge is 2.27. The van der Waals surface area contributed by atoms with Crippen LogP contribution in [0.1, 0.15) is 25.6 Å². The molecule has 0 saturated heterocycles. The minimum atomic E-state index is -1.24. The number of nitrogens with two attached hydrogens (primary N) is 1. The summed E-state index contributed by atoms with van der Waals surface area (Å²) in [4.78, 5) is 0. The average Bonchev–Trinajstić information content (AvgIpc) is 2.02. The number of halogens is 2. The molecule has 72 valence electrons. The molecule has 0 bridgehead atoms. The quantitative estimate of drug-likeness (QED) is 0.782. The zero-order chi connectivity index (χ0) is 10.1. The van der Waals surface area contributed by atoms with Gasteiger partial charge in [0.05, 0.1) is 0 Å². The SMILES string of the molecule is CC(C)(N)C(F)c1ccccc1Cl. The Kier molecular flexibility index (Phi) is 2.94. The van der Waals surface area contributed by atoms with E-state index in [1.54, 1.807) is 38.1 Å². The van der Waals surface area contributed by atoms with E-state index in [-0.39, 0.29) is 0 Å². The fraction of sp³-hybridized carbons (Fsp3) is 0.400. The Labute approximate surface area is 82.7 Å². The molecule has 1 aromatic rings. The second-order valence-corrected chi connectivity index (χ2v) is 4.11. The zero-order valence-corrected chi connectivity index (χ0v) is 8.48. The van der Waals surface area contributed by atoms with Crippen LogP contribution in [0.15, 0.2) is 24.3 Å². The summed E-state index contributed by atoms with van der Waals surface area (Å²) in [6, 6.07) is 6.83. The lowest BCUT2D eigenvalue weighted by atomic mass is 9.94. The van der Waals surface area contributed by atoms with Crippen molar-refractivity contribution in [3.63, 3.8) is 0 Å². The smallest absolute Gasteiger partial charge is 0.144 e. The van der Waals surface area contributed by atoms with Crippen LogP contribution in [0.5, 0.6) is 0 Å². The van der Waals surface area contributed by atoms with Crippen molar-refractivity contribution < 1.29 is 4.39 Å². The van der Waals surface area contributed by atoms with E-state index in [2.05, 4.69) is 0 Å². The van der Waals surface area contributed by atoms with E-state index in [4.69, 9.17) is 17.3 Å². The molecule has 2 N–H and O–H groups in total. The van der Waals surface area contributed by atoms with Crippen molar-refractivity contribution in [2.24, 2.45) is 5.73 Å². The highest BCUT2D eigenvalue weighted by molar-refractivity contribution is 6.31. The minimum absolute atomic E-state index is 0.425. The maximum absolute atomic E-state index is 13.7. The Morgan fingerprint density at radius 3 is 2.38 bits per heavy atom. The average molecular weight is 202 g/mol. The van der Waals surface area contributed by atoms with Crippen molar-refractivity contribution in [2.45, 2.75) is 25.6 Å². The number of rotatable bonds is 2. The molecule has 1 atom stereocenters. The van der Waals surface area contributed by atoms with E-state index in [1.165, 1.54) is 0 Å². The summed E-state index contributed by atoms with van der Waals surface area (Å²) in [5.74, 6) is 0. The van der Waals surface area contributed by atoms with Crippen LogP contribution in [-0.2, 0) is 0 Å². The van der Waals surface area contributed by atoms with Gasteiger partial charge in [-0.25, -0.2) is 4.39 Å². The van der Waals surface area contributed by atoms with Crippen LogP contribution in [0.25, 0.3) is 0 Å². The summed E-state index contributed by atoms with van der Waals surface area (Å²) < 4.78 is 13.7. The Bertz CT molecular complexity index is 293. The van der Waals surface area contributed by atoms with Crippen molar-refractivity contribution in [3.05, 3.63) is 34.9 Å². The van der Waals surface area contributed by atoms with Gasteiger partial charge in [-0.15, -0.1) is 0 Å². The molecule has 1 nitrogen and oxygen atoms in total. The van der Waals surface area contributed by atoms with E-state index in [1.807, 2.05) is 0 Å². The number of hydrogen-bond donors (Lipinski definition) is 1. The zero-order valence-electron chi connectivity index (χ0n) is 7.72. The Morgan fingerprint density at radius 2 is 1.92 bits per heavy atom. The molecule has 0 aliphatic carbocycles. The van der Waals surface area contributed by atoms with Crippen LogP contribution in [0.2, 0.25) is 5.02 Å². The molecule has 0 radical (unpaired) electrons. The van der Waals surface area contributed by atoms with Crippen LogP contribution in [0.3, 0.4) is 0 Å². The molecule has 0 fully saturated rings. The third-order valence-corrected chi connectivity index (χ3v) is 2.18. The molecule has 0 amide bonds. The molecular weight excluding hydrogens is 189 g/mol. The van der Waals surface area contributed by atoms with Crippen molar-refractivity contribution >= 4 is 11.6 Å². The maximum Gasteiger partial charge on any atom is 0.144 e. The van der Waals surface area contributed by atoms with Gasteiger partial charge >= 0.3 is 0 Å². The summed E-state index contributed by atoms with van der Waals surface area (Å²) in [6.07, 6.45) is -1.24. The first-order valence-corrected chi connectivity index (χ1v) is 4.48. The van der Waals surface area contributed by atoms with Gasteiger partial charge in [-0.3, -0.25) is 0 Å². The molecule has 0 aliphatic rings. The molecule has 0 spiro atoms. The maximum atomic E-state index is 13.7. The molecule has 0 heterocycles. The Balaban J connectivity index is 3.02. The monoisotopic (exact) mass is 201 g/mol. The van der Waals surface area contributed by atoms with E-state index in [0.29, 0.717) is 10.6 Å². The molecule has 3 heteroatoms. The van der Waals surface area contributed by atoms with E-state index < -0.39 is 11.7 Å². The molecule has 0 aromatic heterocycles. The van der Waals surface area contributed by atoms with Crippen LogP contribution < -0.4 is 5.73 Å². The first kappa shape index (κ1) is 10.5. The van der Waals surface area contributed by atoms with Crippen LogP contribution in [-0.4, -0.2) is 5.54 Å². The molecule has 1 unspecified atom stereocenters. The second-order valence-electron chi connectivity index (χ2n) is 3.71. The van der Waals surface area contributed by atoms with Gasteiger partial charge in [-0.2, -0.15) is 0 Å². The highest BCUT2D eigenvalue weighted by Crippen LogP contribution is 2.32. The summed E-state index contributed by atoms with van der Waals surface area (Å²) >= 11 is 5.83. The fourth-order valence-electron chi connectivity index (χ4n) is 1.08. The third-order valence-electron chi connectivity index (χ3n) is 1.83. The van der Waals surface area contributed by atoms with Crippen molar-refractivity contribution in [1.29, 1.82) is 0 Å². The van der Waals surface area contributed by atoms with Crippen molar-refractivity contribution in [3.8, 4) is 0 Å². The minimum Gasteiger partial charge on any atom is -0.323 e. The Morgan fingerprint density at radius 1 is 1.38 bits per heavy atom. The van der Waals surface area contributed by atoms with Gasteiger partial charge in [0.15, 0.2) is 0 Å². The highest BCUT2D eigenvalue weighted by atomic mass is 35.5. The lowest BCUT2D eigenvalue weighted by Crippen LogP contribution is -2.37. The summed E-state index contributed by atoms with van der Waals surface area (Å²) in [6.45, 7) is 3.28. The summed E-state index contributed by atoms with van der Waals surface area (Å²) in [7, 11) is 0. The van der Waals surface area contributed by atoms with Gasteiger partial charge in [-0.1, -0.05) is 29.8 Å². The molecular formula is C10H13ClFN. The summed E-state index contributed by atoms with van der Waals surface area (Å²) in [5, 5.41) is 0.425. The predicted molar refractivity (Wildman–Crippen MR) is 53.6 cm³/mol. The topological polar surface area (TPSA) is 26.0 Å². The molecule has 1 aromatic carbocycles. The lowest BCUT2D eigenvalue weighted by molar-refractivity contribution is 0.223. The van der Waals surface area contributed by atoms with Gasteiger partial charge in [-0.05, 0) is 19.9 Å². The standard InChI is InChI=1S/C10H13ClFN/c1-10(2,13)9(12)7-5-3-4-6-8(7)11/h3-6,9H,13H2,1-2H3. The number of benzene rings is 1. The summed E-state index contributed by atoms with van der Waals surface area (Å²) in [5.41, 5.74) is 5.20. The van der Waals surface area contributed by atoms with Crippen molar-refractivity contribution in [2.75, 3.05) is 0 Å². The van der Waals surface area contributed by atoms with Gasteiger partial charge in [0.25, 0.3) is 0 Å². The van der Waals surface area contributed by atoms with Gasteiger partial charge in [0.2, 0.25) is 0 Å². The molecule has 1 rings (SSSR count). The molecule has 0 aliphatic heterocycles. The number of alkyl halides is 1. The first-order chi connectivity index (χ1) is 5.93. The molecule has 13 heavy (non-hydrogen) atoms. The third kappa shape index (κ3) is 2.42.